The Hall–Kier alpha value is -2.95. The van der Waals surface area contributed by atoms with Gasteiger partial charge in [0.1, 0.15) is 17.7 Å². The Morgan fingerprint density at radius 3 is 2.63 bits per heavy atom. The number of carbonyl (C=O) groups is 1. The van der Waals surface area contributed by atoms with Crippen LogP contribution in [0.4, 0.5) is 5.69 Å². The molecule has 2 aromatic rings. The molecule has 0 bridgehead atoms. The Balaban J connectivity index is 1.56. The van der Waals surface area contributed by atoms with Gasteiger partial charge >= 0.3 is 0 Å². The van der Waals surface area contributed by atoms with Crippen molar-refractivity contribution in [1.29, 1.82) is 0 Å². The number of hydrogen-bond acceptors (Lipinski definition) is 4. The van der Waals surface area contributed by atoms with Gasteiger partial charge < -0.3 is 19.7 Å². The number of ether oxygens (including phenoxy) is 2. The number of methoxy groups -OCH3 is 2. The lowest BCUT2D eigenvalue weighted by Gasteiger charge is -2.32. The molecule has 2 aliphatic rings. The van der Waals surface area contributed by atoms with Gasteiger partial charge in [-0.3, -0.25) is 4.79 Å². The molecule has 140 valence electrons. The smallest absolute Gasteiger partial charge is 0.228 e. The average molecular weight is 364 g/mol. The lowest BCUT2D eigenvalue weighted by atomic mass is 9.97. The predicted molar refractivity (Wildman–Crippen MR) is 106 cm³/mol. The Labute approximate surface area is 159 Å². The molecule has 0 spiro atoms. The summed E-state index contributed by atoms with van der Waals surface area (Å²) in [4.78, 5) is 14.9. The first-order valence-corrected chi connectivity index (χ1v) is 9.17. The summed E-state index contributed by atoms with van der Waals surface area (Å²) in [6.45, 7) is 2.83. The van der Waals surface area contributed by atoms with Crippen LogP contribution in [0.15, 0.2) is 42.0 Å². The molecule has 5 heteroatoms. The molecule has 1 unspecified atom stereocenters. The van der Waals surface area contributed by atoms with E-state index in [0.717, 1.165) is 41.3 Å². The molecule has 2 aromatic carbocycles. The van der Waals surface area contributed by atoms with Crippen LogP contribution in [0.3, 0.4) is 0 Å². The molecule has 1 amide bonds. The Morgan fingerprint density at radius 2 is 1.93 bits per heavy atom. The third-order valence-electron chi connectivity index (χ3n) is 5.40. The second-order valence-electron chi connectivity index (χ2n) is 7.00. The number of aryl methyl sites for hydroxylation is 1. The molecule has 1 N–H and O–H groups in total. The molecule has 4 rings (SSSR count). The number of hydrogen-bond donors (Lipinski definition) is 1. The second-order valence-corrected chi connectivity index (χ2v) is 7.00. The molecule has 0 radical (unpaired) electrons. The third-order valence-corrected chi connectivity index (χ3v) is 5.40. The van der Waals surface area contributed by atoms with E-state index in [4.69, 9.17) is 9.47 Å². The van der Waals surface area contributed by atoms with Gasteiger partial charge in [0.05, 0.1) is 26.3 Å². The predicted octanol–water partition coefficient (Wildman–Crippen LogP) is 3.62. The van der Waals surface area contributed by atoms with Gasteiger partial charge in [0.15, 0.2) is 0 Å². The average Bonchev–Trinajstić information content (AvgIpc) is 3.11. The van der Waals surface area contributed by atoms with Crippen molar-refractivity contribution in [2.45, 2.75) is 25.9 Å². The molecule has 0 saturated carbocycles. The highest BCUT2D eigenvalue weighted by Gasteiger charge is 2.36. The number of nitrogens with one attached hydrogen (secondary N) is 1. The van der Waals surface area contributed by atoms with Gasteiger partial charge in [-0.2, -0.15) is 0 Å². The maximum Gasteiger partial charge on any atom is 0.228 e. The monoisotopic (exact) mass is 364 g/mol. The fourth-order valence-corrected chi connectivity index (χ4v) is 3.86. The van der Waals surface area contributed by atoms with Crippen LogP contribution >= 0.6 is 0 Å². The zero-order valence-electron chi connectivity index (χ0n) is 15.9. The summed E-state index contributed by atoms with van der Waals surface area (Å²) >= 11 is 0. The van der Waals surface area contributed by atoms with Crippen LogP contribution in [0, 0.1) is 6.92 Å². The lowest BCUT2D eigenvalue weighted by molar-refractivity contribution is -0.130. The number of anilines is 1. The molecule has 1 saturated heterocycles. The molecule has 1 fully saturated rings. The minimum atomic E-state index is -0.0982. The number of rotatable bonds is 4. The lowest BCUT2D eigenvalue weighted by Crippen LogP contribution is -2.42. The van der Waals surface area contributed by atoms with Crippen LogP contribution in [0.25, 0.3) is 6.08 Å². The van der Waals surface area contributed by atoms with E-state index in [9.17, 15) is 4.79 Å². The summed E-state index contributed by atoms with van der Waals surface area (Å²) in [6.07, 6.45) is 3.39. The van der Waals surface area contributed by atoms with Crippen LogP contribution in [0.5, 0.6) is 11.5 Å². The number of fused-ring (bicyclic) bond motifs is 2. The number of nitrogens with zero attached hydrogens (tertiary/aromatic N) is 1. The van der Waals surface area contributed by atoms with Gasteiger partial charge in [-0.05, 0) is 54.3 Å². The standard InChI is InChI=1S/C22H24N2O3/c1-14-4-9-19(27-3)21-18(14)13-16-10-11-24(22(16)23-21)20(25)12-15-5-7-17(26-2)8-6-15/h4-9,13,22-23H,10-12H2,1-3H3. The minimum Gasteiger partial charge on any atom is -0.497 e. The fraction of sp³-hybridized carbons (Fsp3) is 0.318. The first-order chi connectivity index (χ1) is 13.1. The first-order valence-electron chi connectivity index (χ1n) is 9.17. The number of amides is 1. The fourth-order valence-electron chi connectivity index (χ4n) is 3.86. The van der Waals surface area contributed by atoms with Crippen LogP contribution in [0.2, 0.25) is 0 Å². The van der Waals surface area contributed by atoms with Gasteiger partial charge in [0.2, 0.25) is 5.91 Å². The number of likely N-dealkylation sites (tertiary alicyclic amines) is 1. The van der Waals surface area contributed by atoms with Crippen LogP contribution in [-0.4, -0.2) is 37.7 Å². The van der Waals surface area contributed by atoms with Crippen molar-refractivity contribution in [3.8, 4) is 11.5 Å². The highest BCUT2D eigenvalue weighted by atomic mass is 16.5. The Bertz CT molecular complexity index is 903. The van der Waals surface area contributed by atoms with E-state index in [1.165, 1.54) is 11.1 Å². The highest BCUT2D eigenvalue weighted by Crippen LogP contribution is 2.40. The Kier molecular flexibility index (Phi) is 4.52. The van der Waals surface area contributed by atoms with E-state index >= 15 is 0 Å². The summed E-state index contributed by atoms with van der Waals surface area (Å²) < 4.78 is 10.7. The van der Waals surface area contributed by atoms with Crippen LogP contribution in [0.1, 0.15) is 23.1 Å². The molecular formula is C22H24N2O3. The molecule has 2 aliphatic heterocycles. The van der Waals surface area contributed by atoms with E-state index in [0.29, 0.717) is 6.42 Å². The van der Waals surface area contributed by atoms with E-state index < -0.39 is 0 Å². The van der Waals surface area contributed by atoms with Crippen molar-refractivity contribution >= 4 is 17.7 Å². The zero-order valence-corrected chi connectivity index (χ0v) is 15.9. The number of carbonyl (C=O) groups excluding carboxylic acids is 1. The molecule has 1 atom stereocenters. The molecule has 0 aliphatic carbocycles. The quantitative estimate of drug-likeness (QED) is 0.900. The van der Waals surface area contributed by atoms with Gasteiger partial charge in [-0.25, -0.2) is 0 Å². The van der Waals surface area contributed by atoms with Crippen LogP contribution in [-0.2, 0) is 11.2 Å². The van der Waals surface area contributed by atoms with Crippen molar-refractivity contribution in [3.63, 3.8) is 0 Å². The second kappa shape index (κ2) is 6.99. The maximum absolute atomic E-state index is 13.0. The Morgan fingerprint density at radius 1 is 1.15 bits per heavy atom. The van der Waals surface area contributed by atoms with E-state index in [1.54, 1.807) is 14.2 Å². The normalized spacial score (nSPS) is 17.5. The van der Waals surface area contributed by atoms with Gasteiger partial charge in [-0.1, -0.05) is 18.2 Å². The minimum absolute atomic E-state index is 0.0982. The largest absolute Gasteiger partial charge is 0.497 e. The van der Waals surface area contributed by atoms with Crippen molar-refractivity contribution in [1.82, 2.24) is 4.90 Å². The van der Waals surface area contributed by atoms with E-state index in [-0.39, 0.29) is 12.1 Å². The maximum atomic E-state index is 13.0. The molecule has 2 heterocycles. The topological polar surface area (TPSA) is 50.8 Å². The first kappa shape index (κ1) is 17.5. The van der Waals surface area contributed by atoms with Crippen molar-refractivity contribution in [2.75, 3.05) is 26.1 Å². The molecule has 27 heavy (non-hydrogen) atoms. The van der Waals surface area contributed by atoms with Crippen LogP contribution < -0.4 is 14.8 Å². The van der Waals surface area contributed by atoms with E-state index in [2.05, 4.69) is 24.4 Å². The highest BCUT2D eigenvalue weighted by molar-refractivity contribution is 5.85. The number of benzene rings is 2. The zero-order chi connectivity index (χ0) is 19.0. The molecule has 5 nitrogen and oxygen atoms in total. The summed E-state index contributed by atoms with van der Waals surface area (Å²) in [5.41, 5.74) is 5.57. The van der Waals surface area contributed by atoms with Crippen molar-refractivity contribution in [2.24, 2.45) is 0 Å². The van der Waals surface area contributed by atoms with Crippen molar-refractivity contribution < 1.29 is 14.3 Å². The summed E-state index contributed by atoms with van der Waals surface area (Å²) in [6, 6.07) is 11.7. The summed E-state index contributed by atoms with van der Waals surface area (Å²) in [5, 5.41) is 3.55. The third kappa shape index (κ3) is 3.14. The molecule has 0 aromatic heterocycles. The van der Waals surface area contributed by atoms with Gasteiger partial charge in [0.25, 0.3) is 0 Å². The summed E-state index contributed by atoms with van der Waals surface area (Å²) in [5.74, 6) is 1.72. The van der Waals surface area contributed by atoms with Crippen molar-refractivity contribution in [3.05, 3.63) is 58.7 Å². The van der Waals surface area contributed by atoms with Gasteiger partial charge in [-0.15, -0.1) is 0 Å². The van der Waals surface area contributed by atoms with E-state index in [1.807, 2.05) is 35.2 Å². The molecular weight excluding hydrogens is 340 g/mol. The van der Waals surface area contributed by atoms with Gasteiger partial charge in [0, 0.05) is 12.1 Å². The SMILES string of the molecule is COc1ccc(CC(=O)N2CCC3=Cc4c(C)ccc(OC)c4NC32)cc1. The summed E-state index contributed by atoms with van der Waals surface area (Å²) in [7, 11) is 3.31.